The van der Waals surface area contributed by atoms with Gasteiger partial charge in [0.05, 0.1) is 16.9 Å². The van der Waals surface area contributed by atoms with Gasteiger partial charge in [-0.2, -0.15) is 5.26 Å². The molecule has 0 saturated carbocycles. The second-order valence-corrected chi connectivity index (χ2v) is 3.78. The topological polar surface area (TPSA) is 39.9 Å². The Bertz CT molecular complexity index is 391. The van der Waals surface area contributed by atoms with Crippen molar-refractivity contribution in [2.24, 2.45) is 0 Å². The van der Waals surface area contributed by atoms with Crippen LogP contribution in [0.5, 0.6) is 0 Å². The molecular weight excluding hydrogens is 186 g/mol. The lowest BCUT2D eigenvalue weighted by Crippen LogP contribution is -2.19. The molecule has 0 aromatic carbocycles. The number of rotatable bonds is 3. The number of aromatic nitrogens is 1. The van der Waals surface area contributed by atoms with Gasteiger partial charge < -0.3 is 4.90 Å². The third-order valence-corrected chi connectivity index (χ3v) is 2.39. The van der Waals surface area contributed by atoms with Gasteiger partial charge in [-0.3, -0.25) is 4.98 Å². The lowest BCUT2D eigenvalue weighted by molar-refractivity contribution is 0.847. The van der Waals surface area contributed by atoms with E-state index in [-0.39, 0.29) is 0 Å². The molecule has 0 aliphatic rings. The minimum absolute atomic E-state index is 0.691. The standard InChI is InChI=1S/C12H17N3/c1-5-6-15(4)12-7-9(2)14-10(3)11(12)8-13/h7H,5-6H2,1-4H3. The van der Waals surface area contributed by atoms with E-state index < -0.39 is 0 Å². The number of hydrogen-bond donors (Lipinski definition) is 0. The van der Waals surface area contributed by atoms with Gasteiger partial charge in [-0.15, -0.1) is 0 Å². The maximum absolute atomic E-state index is 9.09. The van der Waals surface area contributed by atoms with Crippen LogP contribution < -0.4 is 4.90 Å². The van der Waals surface area contributed by atoms with Crippen molar-refractivity contribution in [1.29, 1.82) is 5.26 Å². The zero-order valence-electron chi connectivity index (χ0n) is 9.83. The molecule has 0 fully saturated rings. The second-order valence-electron chi connectivity index (χ2n) is 3.78. The Kier molecular flexibility index (Phi) is 3.68. The first kappa shape index (κ1) is 11.5. The lowest BCUT2D eigenvalue weighted by atomic mass is 10.1. The van der Waals surface area contributed by atoms with Crippen molar-refractivity contribution < 1.29 is 0 Å². The molecule has 0 aliphatic heterocycles. The molecule has 0 atom stereocenters. The van der Waals surface area contributed by atoms with Gasteiger partial charge in [-0.25, -0.2) is 0 Å². The van der Waals surface area contributed by atoms with Gasteiger partial charge in [0, 0.05) is 19.3 Å². The third-order valence-electron chi connectivity index (χ3n) is 2.39. The number of hydrogen-bond acceptors (Lipinski definition) is 3. The largest absolute Gasteiger partial charge is 0.373 e. The molecule has 0 amide bonds. The van der Waals surface area contributed by atoms with E-state index in [9.17, 15) is 0 Å². The Balaban J connectivity index is 3.21. The molecular formula is C12H17N3. The minimum Gasteiger partial charge on any atom is -0.373 e. The SMILES string of the molecule is CCCN(C)c1cc(C)nc(C)c1C#N. The Morgan fingerprint density at radius 2 is 2.13 bits per heavy atom. The van der Waals surface area contributed by atoms with Crippen molar-refractivity contribution in [3.63, 3.8) is 0 Å². The van der Waals surface area contributed by atoms with E-state index in [1.807, 2.05) is 27.0 Å². The Morgan fingerprint density at radius 1 is 1.47 bits per heavy atom. The predicted octanol–water partition coefficient (Wildman–Crippen LogP) is 2.42. The van der Waals surface area contributed by atoms with Gasteiger partial charge in [-0.05, 0) is 26.3 Å². The summed E-state index contributed by atoms with van der Waals surface area (Å²) in [6, 6.07) is 4.20. The highest BCUT2D eigenvalue weighted by molar-refractivity contribution is 5.61. The van der Waals surface area contributed by atoms with Crippen LogP contribution in [-0.2, 0) is 0 Å². The van der Waals surface area contributed by atoms with E-state index in [1.165, 1.54) is 0 Å². The Morgan fingerprint density at radius 3 is 2.67 bits per heavy atom. The molecule has 0 unspecified atom stereocenters. The van der Waals surface area contributed by atoms with Gasteiger partial charge >= 0.3 is 0 Å². The van der Waals surface area contributed by atoms with Gasteiger partial charge in [0.2, 0.25) is 0 Å². The highest BCUT2D eigenvalue weighted by atomic mass is 15.1. The molecule has 3 heteroatoms. The van der Waals surface area contributed by atoms with E-state index in [0.29, 0.717) is 5.56 Å². The quantitative estimate of drug-likeness (QED) is 0.757. The van der Waals surface area contributed by atoms with Crippen LogP contribution in [0.3, 0.4) is 0 Å². The van der Waals surface area contributed by atoms with E-state index in [2.05, 4.69) is 22.9 Å². The molecule has 80 valence electrons. The predicted molar refractivity (Wildman–Crippen MR) is 62.0 cm³/mol. The fourth-order valence-electron chi connectivity index (χ4n) is 1.70. The number of pyridine rings is 1. The summed E-state index contributed by atoms with van der Waals surface area (Å²) in [4.78, 5) is 6.41. The Hall–Kier alpha value is -1.56. The van der Waals surface area contributed by atoms with Crippen LogP contribution in [0, 0.1) is 25.2 Å². The maximum atomic E-state index is 9.09. The molecule has 0 bridgehead atoms. The summed E-state index contributed by atoms with van der Waals surface area (Å²) in [5.41, 5.74) is 3.46. The summed E-state index contributed by atoms with van der Waals surface area (Å²) in [6.45, 7) is 6.92. The van der Waals surface area contributed by atoms with Crippen LogP contribution in [0.2, 0.25) is 0 Å². The molecule has 15 heavy (non-hydrogen) atoms. The molecule has 1 heterocycles. The monoisotopic (exact) mass is 203 g/mol. The van der Waals surface area contributed by atoms with E-state index in [1.54, 1.807) is 0 Å². The first-order valence-corrected chi connectivity index (χ1v) is 5.19. The molecule has 1 aromatic heterocycles. The molecule has 3 nitrogen and oxygen atoms in total. The van der Waals surface area contributed by atoms with Gasteiger partial charge in [0.15, 0.2) is 0 Å². The van der Waals surface area contributed by atoms with Crippen LogP contribution in [0.4, 0.5) is 5.69 Å². The fourth-order valence-corrected chi connectivity index (χ4v) is 1.70. The van der Waals surface area contributed by atoms with E-state index in [4.69, 9.17) is 5.26 Å². The molecule has 0 saturated heterocycles. The van der Waals surface area contributed by atoms with E-state index in [0.717, 1.165) is 30.0 Å². The number of anilines is 1. The molecule has 1 aromatic rings. The number of nitriles is 1. The highest BCUT2D eigenvalue weighted by Gasteiger charge is 2.10. The van der Waals surface area contributed by atoms with Crippen molar-refractivity contribution in [2.45, 2.75) is 27.2 Å². The molecule has 1 rings (SSSR count). The summed E-state index contributed by atoms with van der Waals surface area (Å²) in [6.07, 6.45) is 1.07. The normalized spacial score (nSPS) is 9.80. The minimum atomic E-state index is 0.691. The van der Waals surface area contributed by atoms with Crippen LogP contribution in [-0.4, -0.2) is 18.6 Å². The Labute approximate surface area is 91.4 Å². The van der Waals surface area contributed by atoms with Crippen molar-refractivity contribution >= 4 is 5.69 Å². The summed E-state index contributed by atoms with van der Waals surface area (Å²) >= 11 is 0. The summed E-state index contributed by atoms with van der Waals surface area (Å²) < 4.78 is 0. The zero-order valence-corrected chi connectivity index (χ0v) is 9.83. The van der Waals surface area contributed by atoms with Crippen LogP contribution in [0.1, 0.15) is 30.3 Å². The summed E-state index contributed by atoms with van der Waals surface area (Å²) in [5.74, 6) is 0. The van der Waals surface area contributed by atoms with Gasteiger partial charge in [-0.1, -0.05) is 6.92 Å². The first-order chi connectivity index (χ1) is 7.10. The van der Waals surface area contributed by atoms with Gasteiger partial charge in [0.25, 0.3) is 0 Å². The lowest BCUT2D eigenvalue weighted by Gasteiger charge is -2.20. The summed E-state index contributed by atoms with van der Waals surface area (Å²) in [5, 5.41) is 9.09. The van der Waals surface area contributed by atoms with E-state index >= 15 is 0 Å². The number of aryl methyl sites for hydroxylation is 2. The second kappa shape index (κ2) is 4.79. The molecule has 0 N–H and O–H groups in total. The van der Waals surface area contributed by atoms with Crippen molar-refractivity contribution in [2.75, 3.05) is 18.5 Å². The van der Waals surface area contributed by atoms with Crippen LogP contribution in [0.15, 0.2) is 6.07 Å². The smallest absolute Gasteiger partial charge is 0.103 e. The van der Waals surface area contributed by atoms with Crippen molar-refractivity contribution in [3.05, 3.63) is 23.0 Å². The average Bonchev–Trinajstić information content (AvgIpc) is 2.17. The first-order valence-electron chi connectivity index (χ1n) is 5.19. The van der Waals surface area contributed by atoms with Crippen molar-refractivity contribution in [3.8, 4) is 6.07 Å². The van der Waals surface area contributed by atoms with Crippen LogP contribution >= 0.6 is 0 Å². The van der Waals surface area contributed by atoms with Gasteiger partial charge in [0.1, 0.15) is 6.07 Å². The average molecular weight is 203 g/mol. The van der Waals surface area contributed by atoms with Crippen molar-refractivity contribution in [1.82, 2.24) is 4.98 Å². The highest BCUT2D eigenvalue weighted by Crippen LogP contribution is 2.22. The molecule has 0 radical (unpaired) electrons. The zero-order chi connectivity index (χ0) is 11.4. The van der Waals surface area contributed by atoms with Crippen LogP contribution in [0.25, 0.3) is 0 Å². The molecule has 0 spiro atoms. The molecule has 0 aliphatic carbocycles. The maximum Gasteiger partial charge on any atom is 0.103 e. The third kappa shape index (κ3) is 2.47. The fraction of sp³-hybridized carbons (Fsp3) is 0.500. The summed E-state index contributed by atoms with van der Waals surface area (Å²) in [7, 11) is 2.01. The number of nitrogens with zero attached hydrogens (tertiary/aromatic N) is 3.